The van der Waals surface area contributed by atoms with E-state index in [1.807, 2.05) is 0 Å². The highest BCUT2D eigenvalue weighted by atomic mass is 19.1. The second-order valence-corrected chi connectivity index (χ2v) is 6.76. The van der Waals surface area contributed by atoms with Gasteiger partial charge in [-0.15, -0.1) is 0 Å². The highest BCUT2D eigenvalue weighted by Gasteiger charge is 2.32. The van der Waals surface area contributed by atoms with E-state index in [-0.39, 0.29) is 6.42 Å². The van der Waals surface area contributed by atoms with Crippen LogP contribution in [-0.4, -0.2) is 35.5 Å². The number of hydrogen-bond donors (Lipinski definition) is 3. The van der Waals surface area contributed by atoms with Crippen LogP contribution < -0.4 is 10.6 Å². The van der Waals surface area contributed by atoms with Gasteiger partial charge in [-0.3, -0.25) is 5.32 Å². The van der Waals surface area contributed by atoms with Crippen molar-refractivity contribution >= 4 is 11.8 Å². The molecule has 22 heavy (non-hydrogen) atoms. The number of aliphatic hydroxyl groups is 1. The van der Waals surface area contributed by atoms with Crippen molar-refractivity contribution < 1.29 is 19.0 Å². The lowest BCUT2D eigenvalue weighted by Crippen LogP contribution is -2.34. The van der Waals surface area contributed by atoms with Gasteiger partial charge in [0.1, 0.15) is 11.4 Å². The van der Waals surface area contributed by atoms with Gasteiger partial charge in [0, 0.05) is 18.7 Å². The number of carbonyl (C=O) groups is 1. The number of halogens is 1. The van der Waals surface area contributed by atoms with Crippen LogP contribution in [0.4, 0.5) is 14.9 Å². The Morgan fingerprint density at radius 2 is 2.23 bits per heavy atom. The van der Waals surface area contributed by atoms with Crippen molar-refractivity contribution in [1.82, 2.24) is 5.32 Å². The van der Waals surface area contributed by atoms with E-state index < -0.39 is 23.1 Å². The predicted octanol–water partition coefficient (Wildman–Crippen LogP) is 2.44. The quantitative estimate of drug-likeness (QED) is 0.802. The summed E-state index contributed by atoms with van der Waals surface area (Å²) in [4.78, 5) is 11.6. The second kappa shape index (κ2) is 6.22. The summed E-state index contributed by atoms with van der Waals surface area (Å²) in [5.74, 6) is -0.450. The van der Waals surface area contributed by atoms with Crippen molar-refractivity contribution in [2.75, 3.05) is 18.4 Å². The van der Waals surface area contributed by atoms with Crippen LogP contribution in [0.15, 0.2) is 18.2 Å². The SMILES string of the molecule is CC(C)(C)OC(=O)Nc1ccc(CC2(O)CCNC2)c(F)c1. The first-order valence-electron chi connectivity index (χ1n) is 7.38. The van der Waals surface area contributed by atoms with E-state index in [9.17, 15) is 14.3 Å². The lowest BCUT2D eigenvalue weighted by Gasteiger charge is -2.22. The van der Waals surface area contributed by atoms with Crippen LogP contribution in [0.2, 0.25) is 0 Å². The van der Waals surface area contributed by atoms with Crippen LogP contribution in [-0.2, 0) is 11.2 Å². The highest BCUT2D eigenvalue weighted by Crippen LogP contribution is 2.24. The maximum Gasteiger partial charge on any atom is 0.412 e. The first-order valence-corrected chi connectivity index (χ1v) is 7.38. The largest absolute Gasteiger partial charge is 0.444 e. The minimum atomic E-state index is -0.902. The van der Waals surface area contributed by atoms with Gasteiger partial charge in [-0.2, -0.15) is 0 Å². The Bertz CT molecular complexity index is 549. The third-order valence-corrected chi connectivity index (χ3v) is 3.44. The zero-order valence-corrected chi connectivity index (χ0v) is 13.2. The zero-order chi connectivity index (χ0) is 16.4. The van der Waals surface area contributed by atoms with Crippen LogP contribution in [0.25, 0.3) is 0 Å². The van der Waals surface area contributed by atoms with E-state index in [0.29, 0.717) is 24.2 Å². The first kappa shape index (κ1) is 16.7. The van der Waals surface area contributed by atoms with Crippen LogP contribution in [0.5, 0.6) is 0 Å². The van der Waals surface area contributed by atoms with Crippen LogP contribution in [0.1, 0.15) is 32.8 Å². The highest BCUT2D eigenvalue weighted by molar-refractivity contribution is 5.84. The summed E-state index contributed by atoms with van der Waals surface area (Å²) in [6.45, 7) is 6.46. The summed E-state index contributed by atoms with van der Waals surface area (Å²) < 4.78 is 19.3. The maximum atomic E-state index is 14.1. The molecule has 0 radical (unpaired) electrons. The van der Waals surface area contributed by atoms with Gasteiger partial charge in [0.15, 0.2) is 0 Å². The van der Waals surface area contributed by atoms with Crippen LogP contribution in [0.3, 0.4) is 0 Å². The number of β-amino-alcohol motifs (C(OH)–C–C–N with tert-alkyl or cyclic N) is 1. The van der Waals surface area contributed by atoms with Gasteiger partial charge in [0.2, 0.25) is 0 Å². The average Bonchev–Trinajstić information content (AvgIpc) is 2.77. The molecule has 6 heteroatoms. The van der Waals surface area contributed by atoms with Crippen molar-refractivity contribution in [1.29, 1.82) is 0 Å². The Morgan fingerprint density at radius 1 is 1.50 bits per heavy atom. The molecule has 1 aromatic carbocycles. The van der Waals surface area contributed by atoms with Gasteiger partial charge >= 0.3 is 6.09 Å². The Morgan fingerprint density at radius 3 is 2.77 bits per heavy atom. The zero-order valence-electron chi connectivity index (χ0n) is 13.2. The smallest absolute Gasteiger partial charge is 0.412 e. The molecule has 1 aromatic rings. The normalized spacial score (nSPS) is 21.7. The Kier molecular flexibility index (Phi) is 4.72. The predicted molar refractivity (Wildman–Crippen MR) is 82.4 cm³/mol. The Hall–Kier alpha value is -1.66. The number of nitrogens with one attached hydrogen (secondary N) is 2. The molecule has 122 valence electrons. The van der Waals surface area contributed by atoms with E-state index in [2.05, 4.69) is 10.6 Å². The molecule has 3 N–H and O–H groups in total. The monoisotopic (exact) mass is 310 g/mol. The number of rotatable bonds is 3. The summed E-state index contributed by atoms with van der Waals surface area (Å²) in [6.07, 6.45) is 0.223. The van der Waals surface area contributed by atoms with Crippen LogP contribution >= 0.6 is 0 Å². The van der Waals surface area contributed by atoms with E-state index >= 15 is 0 Å². The number of hydrogen-bond acceptors (Lipinski definition) is 4. The lowest BCUT2D eigenvalue weighted by molar-refractivity contribution is 0.0606. The topological polar surface area (TPSA) is 70.6 Å². The average molecular weight is 310 g/mol. The van der Waals surface area contributed by atoms with E-state index in [1.165, 1.54) is 6.07 Å². The number of amides is 1. The molecule has 0 spiro atoms. The molecule has 0 aliphatic carbocycles. The molecule has 1 fully saturated rings. The summed E-state index contributed by atoms with van der Waals surface area (Å²) in [7, 11) is 0. The van der Waals surface area contributed by atoms with Gasteiger partial charge in [-0.05, 0) is 51.4 Å². The molecular formula is C16H23FN2O3. The number of benzene rings is 1. The summed E-state index contributed by atoms with van der Waals surface area (Å²) >= 11 is 0. The van der Waals surface area contributed by atoms with E-state index in [0.717, 1.165) is 6.54 Å². The molecule has 1 unspecified atom stereocenters. The van der Waals surface area contributed by atoms with Crippen molar-refractivity contribution in [2.45, 2.75) is 44.8 Å². The number of carbonyl (C=O) groups excluding carboxylic acids is 1. The summed E-state index contributed by atoms with van der Waals surface area (Å²) in [5.41, 5.74) is -0.754. The van der Waals surface area contributed by atoms with E-state index in [1.54, 1.807) is 32.9 Å². The van der Waals surface area contributed by atoms with Crippen molar-refractivity contribution in [3.63, 3.8) is 0 Å². The molecule has 2 rings (SSSR count). The fourth-order valence-corrected chi connectivity index (χ4v) is 2.43. The summed E-state index contributed by atoms with van der Waals surface area (Å²) in [5, 5.41) is 15.9. The standard InChI is InChI=1S/C16H23FN2O3/c1-15(2,3)22-14(20)19-12-5-4-11(13(17)8-12)9-16(21)6-7-18-10-16/h4-5,8,18,21H,6-7,9-10H2,1-3H3,(H,19,20). The van der Waals surface area contributed by atoms with Gasteiger partial charge < -0.3 is 15.2 Å². The number of anilines is 1. The van der Waals surface area contributed by atoms with Gasteiger partial charge in [0.25, 0.3) is 0 Å². The molecule has 1 aliphatic rings. The molecule has 5 nitrogen and oxygen atoms in total. The van der Waals surface area contributed by atoms with Crippen molar-refractivity contribution in [3.8, 4) is 0 Å². The molecule has 1 aliphatic heterocycles. The van der Waals surface area contributed by atoms with Crippen LogP contribution in [0, 0.1) is 5.82 Å². The lowest BCUT2D eigenvalue weighted by atomic mass is 9.93. The van der Waals surface area contributed by atoms with Crippen molar-refractivity contribution in [3.05, 3.63) is 29.6 Å². The third-order valence-electron chi connectivity index (χ3n) is 3.44. The molecule has 1 heterocycles. The Labute approximate surface area is 129 Å². The van der Waals surface area contributed by atoms with E-state index in [4.69, 9.17) is 4.74 Å². The molecular weight excluding hydrogens is 287 g/mol. The maximum absolute atomic E-state index is 14.1. The fraction of sp³-hybridized carbons (Fsp3) is 0.562. The van der Waals surface area contributed by atoms with Gasteiger partial charge in [-0.25, -0.2) is 9.18 Å². The third kappa shape index (κ3) is 4.68. The first-order chi connectivity index (χ1) is 10.2. The summed E-state index contributed by atoms with van der Waals surface area (Å²) in [6, 6.07) is 4.43. The molecule has 0 saturated carbocycles. The molecule has 1 amide bonds. The minimum Gasteiger partial charge on any atom is -0.444 e. The molecule has 1 saturated heterocycles. The number of ether oxygens (including phenoxy) is 1. The molecule has 0 bridgehead atoms. The fourth-order valence-electron chi connectivity index (χ4n) is 2.43. The van der Waals surface area contributed by atoms with Gasteiger partial charge in [0.05, 0.1) is 5.60 Å². The Balaban J connectivity index is 2.02. The molecule has 0 aromatic heterocycles. The van der Waals surface area contributed by atoms with Gasteiger partial charge in [-0.1, -0.05) is 6.07 Å². The second-order valence-electron chi connectivity index (χ2n) is 6.76. The molecule has 1 atom stereocenters. The van der Waals surface area contributed by atoms with Crippen molar-refractivity contribution in [2.24, 2.45) is 0 Å². The minimum absolute atomic E-state index is 0.249.